The van der Waals surface area contributed by atoms with Gasteiger partial charge in [0.25, 0.3) is 0 Å². The molecule has 0 atom stereocenters. The van der Waals surface area contributed by atoms with Crippen molar-refractivity contribution in [2.24, 2.45) is 5.92 Å². The molecule has 0 aliphatic rings. The standard InChI is InChI=1S/C16H18F2N2S/c1-11(2)9-19-10-12-7-13(17)16(14(18)8-12)21-15-5-3-4-6-20-15/h3-8,11,19H,9-10H2,1-2H3. The molecule has 0 saturated carbocycles. The van der Waals surface area contributed by atoms with E-state index in [0.29, 0.717) is 23.1 Å². The molecule has 2 rings (SSSR count). The minimum atomic E-state index is -0.549. The molecule has 1 heterocycles. The van der Waals surface area contributed by atoms with E-state index >= 15 is 0 Å². The van der Waals surface area contributed by atoms with Crippen LogP contribution in [0.25, 0.3) is 0 Å². The molecule has 0 unspecified atom stereocenters. The Morgan fingerprint density at radius 2 is 1.90 bits per heavy atom. The molecule has 1 N–H and O–H groups in total. The number of pyridine rings is 1. The first-order chi connectivity index (χ1) is 10.1. The molecule has 2 aromatic rings. The number of nitrogens with one attached hydrogen (secondary N) is 1. The molecule has 0 spiro atoms. The Balaban J connectivity index is 2.10. The SMILES string of the molecule is CC(C)CNCc1cc(F)c(Sc2ccccn2)c(F)c1. The van der Waals surface area contributed by atoms with E-state index in [-0.39, 0.29) is 4.90 Å². The summed E-state index contributed by atoms with van der Waals surface area (Å²) in [5, 5.41) is 3.74. The third kappa shape index (κ3) is 4.79. The normalized spacial score (nSPS) is 11.1. The quantitative estimate of drug-likeness (QED) is 0.863. The maximum atomic E-state index is 14.1. The minimum absolute atomic E-state index is 0.0127. The molecule has 2 nitrogen and oxygen atoms in total. The average molecular weight is 308 g/mol. The Labute approximate surface area is 128 Å². The zero-order valence-electron chi connectivity index (χ0n) is 12.1. The van der Waals surface area contributed by atoms with E-state index in [0.717, 1.165) is 18.3 Å². The molecule has 0 aliphatic carbocycles. The van der Waals surface area contributed by atoms with Gasteiger partial charge in [0.05, 0.1) is 4.90 Å². The van der Waals surface area contributed by atoms with Crippen molar-refractivity contribution in [3.8, 4) is 0 Å². The van der Waals surface area contributed by atoms with Crippen LogP contribution in [0.1, 0.15) is 19.4 Å². The summed E-state index contributed by atoms with van der Waals surface area (Å²) in [5.74, 6) is -0.599. The van der Waals surface area contributed by atoms with Crippen molar-refractivity contribution in [2.75, 3.05) is 6.54 Å². The van der Waals surface area contributed by atoms with E-state index in [2.05, 4.69) is 24.1 Å². The Morgan fingerprint density at radius 3 is 2.48 bits per heavy atom. The maximum Gasteiger partial charge on any atom is 0.140 e. The molecule has 0 bridgehead atoms. The monoisotopic (exact) mass is 308 g/mol. The second-order valence-electron chi connectivity index (χ2n) is 5.18. The summed E-state index contributed by atoms with van der Waals surface area (Å²) in [7, 11) is 0. The van der Waals surface area contributed by atoms with E-state index in [1.165, 1.54) is 12.1 Å². The van der Waals surface area contributed by atoms with Crippen LogP contribution in [0.3, 0.4) is 0 Å². The Hall–Kier alpha value is -1.46. The predicted molar refractivity (Wildman–Crippen MR) is 81.3 cm³/mol. The van der Waals surface area contributed by atoms with Crippen LogP contribution in [0, 0.1) is 17.6 Å². The van der Waals surface area contributed by atoms with Crippen molar-refractivity contribution >= 4 is 11.8 Å². The Kier molecular flexibility index (Phi) is 5.70. The summed E-state index contributed by atoms with van der Waals surface area (Å²) in [5.41, 5.74) is 0.607. The summed E-state index contributed by atoms with van der Waals surface area (Å²) in [4.78, 5) is 4.05. The molecule has 0 amide bonds. The smallest absolute Gasteiger partial charge is 0.140 e. The zero-order chi connectivity index (χ0) is 15.2. The molecule has 21 heavy (non-hydrogen) atoms. The molecule has 1 aromatic carbocycles. The highest BCUT2D eigenvalue weighted by atomic mass is 32.2. The second-order valence-corrected chi connectivity index (χ2v) is 6.21. The summed E-state index contributed by atoms with van der Waals surface area (Å²) in [6.45, 7) is 5.44. The first kappa shape index (κ1) is 15.9. The highest BCUT2D eigenvalue weighted by Crippen LogP contribution is 2.31. The van der Waals surface area contributed by atoms with Crippen LogP contribution >= 0.6 is 11.8 Å². The molecule has 0 fully saturated rings. The molecular formula is C16H18F2N2S. The van der Waals surface area contributed by atoms with Gasteiger partial charge < -0.3 is 5.32 Å². The molecular weight excluding hydrogens is 290 g/mol. The van der Waals surface area contributed by atoms with Gasteiger partial charge in [0.1, 0.15) is 16.7 Å². The van der Waals surface area contributed by atoms with Crippen LogP contribution in [0.2, 0.25) is 0 Å². The van der Waals surface area contributed by atoms with Gasteiger partial charge in [-0.05, 0) is 42.3 Å². The largest absolute Gasteiger partial charge is 0.312 e. The van der Waals surface area contributed by atoms with Crippen molar-refractivity contribution in [1.29, 1.82) is 0 Å². The first-order valence-electron chi connectivity index (χ1n) is 6.84. The van der Waals surface area contributed by atoms with Crippen LogP contribution in [-0.2, 0) is 6.54 Å². The molecule has 112 valence electrons. The fourth-order valence-electron chi connectivity index (χ4n) is 1.83. The van der Waals surface area contributed by atoms with E-state index in [4.69, 9.17) is 0 Å². The van der Waals surface area contributed by atoms with Gasteiger partial charge in [0.15, 0.2) is 0 Å². The number of halogens is 2. The van der Waals surface area contributed by atoms with Crippen LogP contribution in [-0.4, -0.2) is 11.5 Å². The van der Waals surface area contributed by atoms with Gasteiger partial charge in [0.2, 0.25) is 0 Å². The third-order valence-corrected chi connectivity index (χ3v) is 3.83. The highest BCUT2D eigenvalue weighted by molar-refractivity contribution is 7.99. The molecule has 0 saturated heterocycles. The highest BCUT2D eigenvalue weighted by Gasteiger charge is 2.13. The van der Waals surface area contributed by atoms with Crippen molar-refractivity contribution in [3.63, 3.8) is 0 Å². The molecule has 0 radical (unpaired) electrons. The average Bonchev–Trinajstić information content (AvgIpc) is 2.44. The minimum Gasteiger partial charge on any atom is -0.312 e. The van der Waals surface area contributed by atoms with Crippen molar-refractivity contribution in [2.45, 2.75) is 30.3 Å². The summed E-state index contributed by atoms with van der Waals surface area (Å²) in [6.07, 6.45) is 1.60. The number of rotatable bonds is 6. The number of hydrogen-bond acceptors (Lipinski definition) is 3. The lowest BCUT2D eigenvalue weighted by Gasteiger charge is -2.10. The summed E-state index contributed by atoms with van der Waals surface area (Å²) < 4.78 is 28.1. The molecule has 0 aliphatic heterocycles. The van der Waals surface area contributed by atoms with Crippen LogP contribution in [0.5, 0.6) is 0 Å². The van der Waals surface area contributed by atoms with Crippen LogP contribution in [0.4, 0.5) is 8.78 Å². The van der Waals surface area contributed by atoms with Gasteiger partial charge in [-0.3, -0.25) is 0 Å². The second kappa shape index (κ2) is 7.52. The van der Waals surface area contributed by atoms with Gasteiger partial charge in [0, 0.05) is 12.7 Å². The lowest BCUT2D eigenvalue weighted by Crippen LogP contribution is -2.19. The lowest BCUT2D eigenvalue weighted by molar-refractivity contribution is 0.525. The van der Waals surface area contributed by atoms with E-state index in [9.17, 15) is 8.78 Å². The number of benzene rings is 1. The van der Waals surface area contributed by atoms with Crippen molar-refractivity contribution in [3.05, 3.63) is 53.7 Å². The number of nitrogens with zero attached hydrogens (tertiary/aromatic N) is 1. The van der Waals surface area contributed by atoms with Crippen LogP contribution < -0.4 is 5.32 Å². The van der Waals surface area contributed by atoms with Crippen molar-refractivity contribution < 1.29 is 8.78 Å². The van der Waals surface area contributed by atoms with Gasteiger partial charge in [-0.15, -0.1) is 0 Å². The van der Waals surface area contributed by atoms with Gasteiger partial charge in [-0.2, -0.15) is 0 Å². The summed E-state index contributed by atoms with van der Waals surface area (Å²) >= 11 is 0.997. The lowest BCUT2D eigenvalue weighted by atomic mass is 10.2. The molecule has 1 aromatic heterocycles. The topological polar surface area (TPSA) is 24.9 Å². The maximum absolute atomic E-state index is 14.1. The summed E-state index contributed by atoms with van der Waals surface area (Å²) in [6, 6.07) is 8.03. The fourth-order valence-corrected chi connectivity index (χ4v) is 2.61. The van der Waals surface area contributed by atoms with Gasteiger partial charge >= 0.3 is 0 Å². The van der Waals surface area contributed by atoms with E-state index in [1.807, 2.05) is 0 Å². The third-order valence-electron chi connectivity index (χ3n) is 2.78. The van der Waals surface area contributed by atoms with E-state index < -0.39 is 11.6 Å². The first-order valence-corrected chi connectivity index (χ1v) is 7.65. The van der Waals surface area contributed by atoms with Gasteiger partial charge in [-0.1, -0.05) is 31.7 Å². The number of hydrogen-bond donors (Lipinski definition) is 1. The van der Waals surface area contributed by atoms with Crippen LogP contribution in [0.15, 0.2) is 46.5 Å². The molecule has 5 heteroatoms. The Morgan fingerprint density at radius 1 is 1.19 bits per heavy atom. The number of aromatic nitrogens is 1. The van der Waals surface area contributed by atoms with Gasteiger partial charge in [-0.25, -0.2) is 13.8 Å². The predicted octanol–water partition coefficient (Wildman–Crippen LogP) is 4.26. The zero-order valence-corrected chi connectivity index (χ0v) is 12.9. The fraction of sp³-hybridized carbons (Fsp3) is 0.312. The van der Waals surface area contributed by atoms with E-state index in [1.54, 1.807) is 24.4 Å². The Bertz CT molecular complexity index is 565. The van der Waals surface area contributed by atoms with Crippen molar-refractivity contribution in [1.82, 2.24) is 10.3 Å².